The van der Waals surface area contributed by atoms with Gasteiger partial charge < -0.3 is 10.1 Å². The highest BCUT2D eigenvalue weighted by Gasteiger charge is 2.41. The Kier molecular flexibility index (Phi) is 7.55. The van der Waals surface area contributed by atoms with Gasteiger partial charge in [0, 0.05) is 0 Å². The van der Waals surface area contributed by atoms with E-state index >= 15 is 0 Å². The molecular weight excluding hydrogens is 402 g/mol. The molecule has 0 radical (unpaired) electrons. The van der Waals surface area contributed by atoms with Crippen molar-refractivity contribution in [2.45, 2.75) is 58.2 Å². The summed E-state index contributed by atoms with van der Waals surface area (Å²) in [6.07, 6.45) is 1.85. The zero-order chi connectivity index (χ0) is 21.1. The van der Waals surface area contributed by atoms with Gasteiger partial charge in [0.15, 0.2) is 0 Å². The third-order valence-electron chi connectivity index (χ3n) is 5.44. The van der Waals surface area contributed by atoms with Gasteiger partial charge in [-0.25, -0.2) is 0 Å². The summed E-state index contributed by atoms with van der Waals surface area (Å²) in [4.78, 5) is 12.5. The van der Waals surface area contributed by atoms with E-state index in [-0.39, 0.29) is 5.91 Å². The number of hydrogen-bond acceptors (Lipinski definition) is 4. The topological polar surface area (TPSA) is 38.3 Å². The highest BCUT2D eigenvalue weighted by atomic mass is 32.2. The SMILES string of the molecule is COc1ccc(/C=C2\SC(=S)NC2=O)cc1C#C[Si](C(C)C)(C(C)C)C(C)C. The average Bonchev–Trinajstić information content (AvgIpc) is 2.91. The molecule has 6 heteroatoms. The number of amides is 1. The lowest BCUT2D eigenvalue weighted by atomic mass is 10.1. The van der Waals surface area contributed by atoms with Crippen molar-refractivity contribution >= 4 is 48.4 Å². The van der Waals surface area contributed by atoms with Gasteiger partial charge in [-0.1, -0.05) is 77.5 Å². The first-order valence-corrected chi connectivity index (χ1v) is 13.0. The minimum Gasteiger partial charge on any atom is -0.495 e. The molecule has 1 saturated heterocycles. The number of nitrogens with one attached hydrogen (secondary N) is 1. The summed E-state index contributed by atoms with van der Waals surface area (Å²) in [6.45, 7) is 13.8. The van der Waals surface area contributed by atoms with Gasteiger partial charge in [-0.3, -0.25) is 4.79 Å². The van der Waals surface area contributed by atoms with Crippen molar-refractivity contribution in [2.75, 3.05) is 7.11 Å². The van der Waals surface area contributed by atoms with E-state index in [1.54, 1.807) is 7.11 Å². The van der Waals surface area contributed by atoms with E-state index in [9.17, 15) is 4.79 Å². The molecule has 1 aliphatic rings. The van der Waals surface area contributed by atoms with Crippen LogP contribution in [0.3, 0.4) is 0 Å². The van der Waals surface area contributed by atoms with Crippen LogP contribution in [0.25, 0.3) is 6.08 Å². The van der Waals surface area contributed by atoms with Gasteiger partial charge >= 0.3 is 0 Å². The van der Waals surface area contributed by atoms with Crippen LogP contribution in [0.4, 0.5) is 0 Å². The van der Waals surface area contributed by atoms with Crippen molar-refractivity contribution in [3.05, 3.63) is 34.2 Å². The Morgan fingerprint density at radius 3 is 2.21 bits per heavy atom. The number of thioether (sulfide) groups is 1. The summed E-state index contributed by atoms with van der Waals surface area (Å²) in [7, 11) is -0.175. The number of hydrogen-bond donors (Lipinski definition) is 1. The molecule has 0 unspecified atom stereocenters. The Balaban J connectivity index is 2.51. The normalized spacial score (nSPS) is 16.0. The van der Waals surface area contributed by atoms with Crippen molar-refractivity contribution in [1.29, 1.82) is 0 Å². The Hall–Kier alpha value is -1.55. The molecular formula is C22H29NO2S2Si. The van der Waals surface area contributed by atoms with Crippen LogP contribution < -0.4 is 10.1 Å². The van der Waals surface area contributed by atoms with Gasteiger partial charge in [-0.05, 0) is 40.4 Å². The number of benzene rings is 1. The van der Waals surface area contributed by atoms with E-state index in [2.05, 4.69) is 58.3 Å². The van der Waals surface area contributed by atoms with Crippen molar-refractivity contribution < 1.29 is 9.53 Å². The molecule has 150 valence electrons. The van der Waals surface area contributed by atoms with E-state index in [0.29, 0.717) is 25.8 Å². The highest BCUT2D eigenvalue weighted by Crippen LogP contribution is 2.41. The van der Waals surface area contributed by atoms with E-state index in [1.807, 2.05) is 24.3 Å². The van der Waals surface area contributed by atoms with Crippen LogP contribution in [-0.4, -0.2) is 25.4 Å². The highest BCUT2D eigenvalue weighted by molar-refractivity contribution is 8.26. The molecule has 1 fully saturated rings. The van der Waals surface area contributed by atoms with Gasteiger partial charge in [0.1, 0.15) is 18.1 Å². The predicted molar refractivity (Wildman–Crippen MR) is 127 cm³/mol. The van der Waals surface area contributed by atoms with E-state index < -0.39 is 8.07 Å². The predicted octanol–water partition coefficient (Wildman–Crippen LogP) is 5.75. The molecule has 2 rings (SSSR count). The maximum absolute atomic E-state index is 11.9. The quantitative estimate of drug-likeness (QED) is 0.279. The van der Waals surface area contributed by atoms with Crippen molar-refractivity contribution in [3.63, 3.8) is 0 Å². The minimum atomic E-state index is -1.84. The summed E-state index contributed by atoms with van der Waals surface area (Å²) in [6, 6.07) is 5.84. The molecule has 1 amide bonds. The second-order valence-corrected chi connectivity index (χ2v) is 15.3. The molecule has 0 aliphatic carbocycles. The van der Waals surface area contributed by atoms with Crippen LogP contribution in [0.1, 0.15) is 52.7 Å². The fourth-order valence-electron chi connectivity index (χ4n) is 4.09. The molecule has 1 aromatic carbocycles. The van der Waals surface area contributed by atoms with Crippen molar-refractivity contribution in [2.24, 2.45) is 0 Å². The average molecular weight is 432 g/mol. The molecule has 0 spiro atoms. The monoisotopic (exact) mass is 431 g/mol. The van der Waals surface area contributed by atoms with Gasteiger partial charge in [-0.2, -0.15) is 0 Å². The van der Waals surface area contributed by atoms with Crippen LogP contribution >= 0.6 is 24.0 Å². The summed E-state index contributed by atoms with van der Waals surface area (Å²) in [5.41, 5.74) is 7.22. The van der Waals surface area contributed by atoms with Crippen molar-refractivity contribution in [3.8, 4) is 17.2 Å². The number of thiocarbonyl (C=S) groups is 1. The zero-order valence-electron chi connectivity index (χ0n) is 17.7. The second kappa shape index (κ2) is 9.30. The first-order valence-electron chi connectivity index (χ1n) is 9.57. The number of carbonyl (C=O) groups excluding carboxylic acids is 1. The fraction of sp³-hybridized carbons (Fsp3) is 0.455. The maximum atomic E-state index is 11.9. The third kappa shape index (κ3) is 4.70. The van der Waals surface area contributed by atoms with E-state index in [1.165, 1.54) is 11.8 Å². The smallest absolute Gasteiger partial charge is 0.263 e. The molecule has 1 aliphatic heterocycles. The summed E-state index contributed by atoms with van der Waals surface area (Å²) < 4.78 is 6.03. The largest absolute Gasteiger partial charge is 0.495 e. The van der Waals surface area contributed by atoms with E-state index in [0.717, 1.165) is 16.9 Å². The third-order valence-corrected chi connectivity index (χ3v) is 12.9. The molecule has 1 heterocycles. The second-order valence-electron chi connectivity index (χ2n) is 7.96. The standard InChI is InChI=1S/C22H29NO2S2Si/c1-14(2)28(15(3)4,16(5)6)11-10-18-12-17(8-9-19(18)25-7)13-20-21(24)23-22(26)27-20/h8-9,12-16H,1-7H3,(H,23,24,26)/b20-13-. The summed E-state index contributed by atoms with van der Waals surface area (Å²) in [5, 5.41) is 2.65. The number of methoxy groups -OCH3 is 1. The van der Waals surface area contributed by atoms with Gasteiger partial charge in [0.05, 0.1) is 17.6 Å². The lowest BCUT2D eigenvalue weighted by Gasteiger charge is -2.38. The Bertz CT molecular complexity index is 841. The first-order chi connectivity index (χ1) is 13.1. The fourth-order valence-corrected chi connectivity index (χ4v) is 10.4. The van der Waals surface area contributed by atoms with Gasteiger partial charge in [0.25, 0.3) is 5.91 Å². The molecule has 1 N–H and O–H groups in total. The molecule has 0 atom stereocenters. The molecule has 28 heavy (non-hydrogen) atoms. The number of rotatable bonds is 5. The number of carbonyl (C=O) groups is 1. The van der Waals surface area contributed by atoms with Crippen LogP contribution in [0, 0.1) is 11.5 Å². The van der Waals surface area contributed by atoms with Crippen LogP contribution in [-0.2, 0) is 4.79 Å². The Morgan fingerprint density at radius 1 is 1.14 bits per heavy atom. The van der Waals surface area contributed by atoms with Crippen LogP contribution in [0.2, 0.25) is 16.6 Å². The summed E-state index contributed by atoms with van der Waals surface area (Å²) in [5.74, 6) is 4.07. The minimum absolute atomic E-state index is 0.149. The first kappa shape index (κ1) is 22.7. The van der Waals surface area contributed by atoms with Crippen LogP contribution in [0.5, 0.6) is 5.75 Å². The molecule has 0 bridgehead atoms. The maximum Gasteiger partial charge on any atom is 0.263 e. The lowest BCUT2D eigenvalue weighted by molar-refractivity contribution is -0.115. The summed E-state index contributed by atoms with van der Waals surface area (Å²) >= 11 is 6.35. The molecule has 1 aromatic rings. The zero-order valence-corrected chi connectivity index (χ0v) is 20.3. The van der Waals surface area contributed by atoms with Gasteiger partial charge in [-0.15, -0.1) is 5.54 Å². The lowest BCUT2D eigenvalue weighted by Crippen LogP contribution is -2.43. The molecule has 3 nitrogen and oxygen atoms in total. The molecule has 0 saturated carbocycles. The molecule has 0 aromatic heterocycles. The number of ether oxygens (including phenoxy) is 1. The Labute approximate surface area is 179 Å². The van der Waals surface area contributed by atoms with Gasteiger partial charge in [0.2, 0.25) is 0 Å². The Morgan fingerprint density at radius 2 is 1.75 bits per heavy atom. The van der Waals surface area contributed by atoms with E-state index in [4.69, 9.17) is 17.0 Å². The van der Waals surface area contributed by atoms with Crippen LogP contribution in [0.15, 0.2) is 23.1 Å². The van der Waals surface area contributed by atoms with Crippen molar-refractivity contribution in [1.82, 2.24) is 5.32 Å².